The largest absolute Gasteiger partial charge is 0.449 e. The maximum atomic E-state index is 12.1. The molecular formula is C22H27NO3. The molecule has 2 aromatic carbocycles. The molecule has 1 amide bonds. The lowest BCUT2D eigenvalue weighted by Gasteiger charge is -2.17. The molecule has 0 saturated carbocycles. The summed E-state index contributed by atoms with van der Waals surface area (Å²) in [5, 5.41) is 12.0. The minimum Gasteiger partial charge on any atom is -0.449 e. The molecule has 2 N–H and O–H groups in total. The van der Waals surface area contributed by atoms with Gasteiger partial charge in [-0.05, 0) is 41.0 Å². The number of carbonyl (C=O) groups excluding carboxylic acids is 1. The van der Waals surface area contributed by atoms with Crippen LogP contribution in [0.4, 0.5) is 4.79 Å². The van der Waals surface area contributed by atoms with Crippen molar-refractivity contribution < 1.29 is 14.6 Å². The number of nitrogens with one attached hydrogen (secondary N) is 1. The van der Waals surface area contributed by atoms with Gasteiger partial charge in [0.1, 0.15) is 6.61 Å². The fourth-order valence-corrected chi connectivity index (χ4v) is 3.82. The van der Waals surface area contributed by atoms with Gasteiger partial charge in [0.25, 0.3) is 0 Å². The normalized spacial score (nSPS) is 13.8. The van der Waals surface area contributed by atoms with E-state index in [0.717, 1.165) is 12.8 Å². The van der Waals surface area contributed by atoms with Crippen LogP contribution in [-0.4, -0.2) is 31.0 Å². The lowest BCUT2D eigenvalue weighted by molar-refractivity contribution is 0.140. The second kappa shape index (κ2) is 8.86. The van der Waals surface area contributed by atoms with Crippen molar-refractivity contribution in [2.24, 2.45) is 5.92 Å². The lowest BCUT2D eigenvalue weighted by atomic mass is 9.98. The van der Waals surface area contributed by atoms with Crippen molar-refractivity contribution in [1.82, 2.24) is 5.32 Å². The van der Waals surface area contributed by atoms with Gasteiger partial charge in [-0.15, -0.1) is 0 Å². The molecule has 3 rings (SSSR count). The fraction of sp³-hybridized carbons (Fsp3) is 0.409. The number of fused-ring (bicyclic) bond motifs is 3. The molecule has 0 bridgehead atoms. The van der Waals surface area contributed by atoms with Gasteiger partial charge in [-0.25, -0.2) is 4.79 Å². The van der Waals surface area contributed by atoms with E-state index in [9.17, 15) is 4.79 Å². The molecular weight excluding hydrogens is 326 g/mol. The molecule has 1 unspecified atom stereocenters. The first-order valence-electron chi connectivity index (χ1n) is 9.44. The number of alkyl carbamates (subject to hydrolysis) is 1. The minimum atomic E-state index is -0.383. The molecule has 0 radical (unpaired) electrons. The number of aliphatic hydroxyl groups is 1. The molecule has 4 heteroatoms. The summed E-state index contributed by atoms with van der Waals surface area (Å²) in [7, 11) is 0. The van der Waals surface area contributed by atoms with E-state index in [0.29, 0.717) is 25.5 Å². The zero-order chi connectivity index (χ0) is 18.4. The summed E-state index contributed by atoms with van der Waals surface area (Å²) in [5.41, 5.74) is 4.88. The quantitative estimate of drug-likeness (QED) is 0.743. The maximum absolute atomic E-state index is 12.1. The smallest absolute Gasteiger partial charge is 0.407 e. The van der Waals surface area contributed by atoms with Gasteiger partial charge in [0.15, 0.2) is 0 Å². The Kier molecular flexibility index (Phi) is 6.29. The first kappa shape index (κ1) is 18.5. The Morgan fingerprint density at radius 2 is 1.69 bits per heavy atom. The number of benzene rings is 2. The molecule has 0 heterocycles. The maximum Gasteiger partial charge on any atom is 0.407 e. The van der Waals surface area contributed by atoms with Crippen LogP contribution in [0.15, 0.2) is 48.5 Å². The average molecular weight is 353 g/mol. The van der Waals surface area contributed by atoms with Crippen LogP contribution >= 0.6 is 0 Å². The molecule has 0 fully saturated rings. The highest BCUT2D eigenvalue weighted by atomic mass is 16.5. The van der Waals surface area contributed by atoms with Gasteiger partial charge in [0, 0.05) is 19.1 Å². The first-order valence-corrected chi connectivity index (χ1v) is 9.44. The molecule has 0 aliphatic heterocycles. The van der Waals surface area contributed by atoms with Crippen LogP contribution < -0.4 is 5.32 Å². The number of amides is 1. The SMILES string of the molecule is CCCC(CCO)CNC(=O)OCC1c2ccccc2-c2ccccc21. The van der Waals surface area contributed by atoms with E-state index in [-0.39, 0.29) is 18.6 Å². The highest BCUT2D eigenvalue weighted by molar-refractivity contribution is 5.79. The third kappa shape index (κ3) is 4.07. The van der Waals surface area contributed by atoms with Crippen molar-refractivity contribution >= 4 is 6.09 Å². The molecule has 0 saturated heterocycles. The van der Waals surface area contributed by atoms with E-state index in [2.05, 4.69) is 36.5 Å². The predicted octanol–water partition coefficient (Wildman–Crippen LogP) is 4.32. The Morgan fingerprint density at radius 3 is 2.27 bits per heavy atom. The van der Waals surface area contributed by atoms with Crippen LogP contribution in [-0.2, 0) is 4.74 Å². The second-order valence-corrected chi connectivity index (χ2v) is 6.87. The number of hydrogen-bond donors (Lipinski definition) is 2. The second-order valence-electron chi connectivity index (χ2n) is 6.87. The monoisotopic (exact) mass is 353 g/mol. The molecule has 138 valence electrons. The Labute approximate surface area is 155 Å². The van der Waals surface area contributed by atoms with E-state index in [1.54, 1.807) is 0 Å². The van der Waals surface area contributed by atoms with Gasteiger partial charge in [-0.1, -0.05) is 61.9 Å². The zero-order valence-corrected chi connectivity index (χ0v) is 15.3. The first-order chi connectivity index (χ1) is 12.7. The molecule has 1 atom stereocenters. The summed E-state index contributed by atoms with van der Waals surface area (Å²) in [6, 6.07) is 16.6. The fourth-order valence-electron chi connectivity index (χ4n) is 3.82. The van der Waals surface area contributed by atoms with Gasteiger partial charge in [0.05, 0.1) is 0 Å². The minimum absolute atomic E-state index is 0.0806. The van der Waals surface area contributed by atoms with Crippen LogP contribution in [0.2, 0.25) is 0 Å². The van der Waals surface area contributed by atoms with Crippen LogP contribution in [0.5, 0.6) is 0 Å². The van der Waals surface area contributed by atoms with E-state index >= 15 is 0 Å². The van der Waals surface area contributed by atoms with Crippen molar-refractivity contribution in [3.8, 4) is 11.1 Å². The molecule has 0 aromatic heterocycles. The van der Waals surface area contributed by atoms with Crippen molar-refractivity contribution in [2.75, 3.05) is 19.8 Å². The van der Waals surface area contributed by atoms with E-state index in [1.807, 2.05) is 24.3 Å². The number of ether oxygens (including phenoxy) is 1. The Morgan fingerprint density at radius 1 is 1.08 bits per heavy atom. The van der Waals surface area contributed by atoms with Crippen molar-refractivity contribution in [2.45, 2.75) is 32.1 Å². The molecule has 4 nitrogen and oxygen atoms in total. The molecule has 2 aromatic rings. The van der Waals surface area contributed by atoms with Crippen LogP contribution in [0.1, 0.15) is 43.2 Å². The van der Waals surface area contributed by atoms with Gasteiger partial charge < -0.3 is 15.2 Å². The van der Waals surface area contributed by atoms with Gasteiger partial charge in [-0.2, -0.15) is 0 Å². The van der Waals surface area contributed by atoms with E-state index in [4.69, 9.17) is 9.84 Å². The van der Waals surface area contributed by atoms with Gasteiger partial charge in [-0.3, -0.25) is 0 Å². The van der Waals surface area contributed by atoms with Crippen molar-refractivity contribution in [3.63, 3.8) is 0 Å². The summed E-state index contributed by atoms with van der Waals surface area (Å²) in [4.78, 5) is 12.1. The van der Waals surface area contributed by atoms with E-state index in [1.165, 1.54) is 22.3 Å². The number of rotatable bonds is 8. The van der Waals surface area contributed by atoms with Gasteiger partial charge in [0.2, 0.25) is 0 Å². The topological polar surface area (TPSA) is 58.6 Å². The molecule has 1 aliphatic rings. The summed E-state index contributed by atoms with van der Waals surface area (Å²) < 4.78 is 5.53. The van der Waals surface area contributed by atoms with E-state index < -0.39 is 0 Å². The number of carbonyl (C=O) groups is 1. The zero-order valence-electron chi connectivity index (χ0n) is 15.3. The van der Waals surface area contributed by atoms with Crippen LogP contribution in [0.3, 0.4) is 0 Å². The molecule has 0 spiro atoms. The summed E-state index contributed by atoms with van der Waals surface area (Å²) in [6.07, 6.45) is 2.35. The number of hydrogen-bond acceptors (Lipinski definition) is 3. The van der Waals surface area contributed by atoms with Gasteiger partial charge >= 0.3 is 6.09 Å². The highest BCUT2D eigenvalue weighted by Crippen LogP contribution is 2.44. The molecule has 26 heavy (non-hydrogen) atoms. The summed E-state index contributed by atoms with van der Waals surface area (Å²) in [6.45, 7) is 3.14. The lowest BCUT2D eigenvalue weighted by Crippen LogP contribution is -2.31. The van der Waals surface area contributed by atoms with Crippen molar-refractivity contribution in [3.05, 3.63) is 59.7 Å². The average Bonchev–Trinajstić information content (AvgIpc) is 2.99. The van der Waals surface area contributed by atoms with Crippen molar-refractivity contribution in [1.29, 1.82) is 0 Å². The highest BCUT2D eigenvalue weighted by Gasteiger charge is 2.28. The molecule has 1 aliphatic carbocycles. The third-order valence-electron chi connectivity index (χ3n) is 5.11. The van der Waals surface area contributed by atoms with Crippen LogP contribution in [0, 0.1) is 5.92 Å². The summed E-state index contributed by atoms with van der Waals surface area (Å²) >= 11 is 0. The Balaban J connectivity index is 1.60. The Bertz CT molecular complexity index is 692. The standard InChI is InChI=1S/C22H27NO3/c1-2-7-16(12-13-24)14-23-22(25)26-15-21-19-10-5-3-8-17(19)18-9-4-6-11-20(18)21/h3-6,8-11,16,21,24H,2,7,12-15H2,1H3,(H,23,25). The third-order valence-corrected chi connectivity index (χ3v) is 5.11. The number of aliphatic hydroxyl groups excluding tert-OH is 1. The predicted molar refractivity (Wildman–Crippen MR) is 103 cm³/mol. The van der Waals surface area contributed by atoms with Crippen LogP contribution in [0.25, 0.3) is 11.1 Å². The summed E-state index contributed by atoms with van der Waals surface area (Å²) in [5.74, 6) is 0.377. The Hall–Kier alpha value is -2.33.